The molecule has 0 bridgehead atoms. The predicted octanol–water partition coefficient (Wildman–Crippen LogP) is 1.73. The van der Waals surface area contributed by atoms with E-state index in [-0.39, 0.29) is 0 Å². The molecule has 0 saturated carbocycles. The van der Waals surface area contributed by atoms with Crippen molar-refractivity contribution in [3.63, 3.8) is 0 Å². The molecule has 0 aromatic heterocycles. The molecule has 0 aliphatic carbocycles. The largest absolute Gasteiger partial charge is 0.319 e. The molecule has 0 heterocycles. The van der Waals surface area contributed by atoms with Gasteiger partial charge in [0, 0.05) is 6.54 Å². The van der Waals surface area contributed by atoms with Crippen LogP contribution in [0.5, 0.6) is 0 Å². The van der Waals surface area contributed by atoms with Crippen molar-refractivity contribution in [2.24, 2.45) is 0 Å². The van der Waals surface area contributed by atoms with Gasteiger partial charge in [-0.15, -0.1) is 7.92 Å². The van der Waals surface area contributed by atoms with Gasteiger partial charge >= 0.3 is 0 Å². The van der Waals surface area contributed by atoms with Gasteiger partial charge in [0.2, 0.25) is 0 Å². The molecule has 0 spiro atoms. The van der Waals surface area contributed by atoms with Crippen LogP contribution < -0.4 is 5.32 Å². The highest BCUT2D eigenvalue weighted by molar-refractivity contribution is 7.57. The van der Waals surface area contributed by atoms with Crippen LogP contribution in [-0.4, -0.2) is 32.1 Å². The summed E-state index contributed by atoms with van der Waals surface area (Å²) in [5.74, 6) is 0. The minimum atomic E-state index is 0.292. The van der Waals surface area contributed by atoms with E-state index in [0.29, 0.717) is 7.92 Å². The summed E-state index contributed by atoms with van der Waals surface area (Å²) in [6.45, 7) is 8.15. The smallest absolute Gasteiger partial charge is 0.00132 e. The van der Waals surface area contributed by atoms with Crippen LogP contribution in [0.1, 0.15) is 13.8 Å². The first-order chi connectivity index (χ1) is 4.22. The van der Waals surface area contributed by atoms with Crippen molar-refractivity contribution in [2.75, 3.05) is 26.4 Å². The Morgan fingerprint density at radius 2 is 2.11 bits per heavy atom. The minimum absolute atomic E-state index is 0.292. The molecule has 9 heavy (non-hydrogen) atoms. The van der Waals surface area contributed by atoms with Gasteiger partial charge in [0.15, 0.2) is 0 Å². The molecule has 1 nitrogen and oxygen atoms in total. The van der Waals surface area contributed by atoms with Crippen LogP contribution in [0, 0.1) is 0 Å². The molecule has 0 aromatic carbocycles. The summed E-state index contributed by atoms with van der Waals surface area (Å²) >= 11 is 0. The first kappa shape index (κ1) is 9.39. The van der Waals surface area contributed by atoms with Crippen LogP contribution in [0.3, 0.4) is 0 Å². The summed E-state index contributed by atoms with van der Waals surface area (Å²) in [6.07, 6.45) is 1.36. The molecule has 0 aromatic rings. The zero-order chi connectivity index (χ0) is 7.28. The van der Waals surface area contributed by atoms with Gasteiger partial charge in [-0.3, -0.25) is 0 Å². The fourth-order valence-electron chi connectivity index (χ4n) is 0.763. The van der Waals surface area contributed by atoms with Crippen molar-refractivity contribution in [3.8, 4) is 0 Å². The lowest BCUT2D eigenvalue weighted by Crippen LogP contribution is -2.19. The zero-order valence-electron chi connectivity index (χ0n) is 6.94. The van der Waals surface area contributed by atoms with Crippen molar-refractivity contribution in [1.29, 1.82) is 0 Å². The summed E-state index contributed by atoms with van der Waals surface area (Å²) in [5.41, 5.74) is 0.884. The van der Waals surface area contributed by atoms with Crippen LogP contribution >= 0.6 is 7.92 Å². The molecule has 2 atom stereocenters. The molecule has 0 radical (unpaired) electrons. The van der Waals surface area contributed by atoms with Gasteiger partial charge in [-0.05, 0) is 25.5 Å². The third kappa shape index (κ3) is 3.89. The van der Waals surface area contributed by atoms with Crippen molar-refractivity contribution < 1.29 is 0 Å². The SMILES string of the molecule is CCP(C)C(C)CNC. The van der Waals surface area contributed by atoms with Crippen LogP contribution in [0.4, 0.5) is 0 Å². The van der Waals surface area contributed by atoms with Gasteiger partial charge in [0.05, 0.1) is 0 Å². The summed E-state index contributed by atoms with van der Waals surface area (Å²) < 4.78 is 0. The Labute approximate surface area is 60.0 Å². The molecule has 0 amide bonds. The van der Waals surface area contributed by atoms with E-state index in [1.807, 2.05) is 7.05 Å². The Balaban J connectivity index is 3.32. The van der Waals surface area contributed by atoms with Crippen LogP contribution in [0.15, 0.2) is 0 Å². The van der Waals surface area contributed by atoms with E-state index in [2.05, 4.69) is 25.8 Å². The second kappa shape index (κ2) is 5.20. The van der Waals surface area contributed by atoms with Gasteiger partial charge in [-0.2, -0.15) is 0 Å². The van der Waals surface area contributed by atoms with E-state index in [4.69, 9.17) is 0 Å². The fraction of sp³-hybridized carbons (Fsp3) is 1.00. The molecular formula is C7H18NP. The summed E-state index contributed by atoms with van der Waals surface area (Å²) in [4.78, 5) is 0. The first-order valence-corrected chi connectivity index (χ1v) is 5.61. The third-order valence-corrected chi connectivity index (χ3v) is 4.44. The summed E-state index contributed by atoms with van der Waals surface area (Å²) in [6, 6.07) is 0. The van der Waals surface area contributed by atoms with Crippen molar-refractivity contribution >= 4 is 7.92 Å². The van der Waals surface area contributed by atoms with E-state index in [1.54, 1.807) is 0 Å². The number of nitrogens with one attached hydrogen (secondary N) is 1. The highest BCUT2D eigenvalue weighted by Gasteiger charge is 2.06. The molecule has 2 unspecified atom stereocenters. The minimum Gasteiger partial charge on any atom is -0.319 e. The molecule has 1 N–H and O–H groups in total. The fourth-order valence-corrected chi connectivity index (χ4v) is 1.88. The van der Waals surface area contributed by atoms with E-state index < -0.39 is 0 Å². The standard InChI is InChI=1S/C7H18NP/c1-5-9(4)7(2)6-8-3/h7-8H,5-6H2,1-4H3. The zero-order valence-corrected chi connectivity index (χ0v) is 7.83. The van der Waals surface area contributed by atoms with Crippen molar-refractivity contribution in [2.45, 2.75) is 19.5 Å². The maximum Gasteiger partial charge on any atom is 0.00132 e. The van der Waals surface area contributed by atoms with Gasteiger partial charge in [0.1, 0.15) is 0 Å². The predicted molar refractivity (Wildman–Crippen MR) is 46.8 cm³/mol. The number of rotatable bonds is 4. The Morgan fingerprint density at radius 3 is 2.44 bits per heavy atom. The van der Waals surface area contributed by atoms with E-state index >= 15 is 0 Å². The molecular weight excluding hydrogens is 129 g/mol. The summed E-state index contributed by atoms with van der Waals surface area (Å²) in [7, 11) is 2.32. The molecule has 0 aliphatic heterocycles. The Hall–Kier alpha value is 0.390. The second-order valence-electron chi connectivity index (χ2n) is 2.48. The number of hydrogen-bond donors (Lipinski definition) is 1. The monoisotopic (exact) mass is 147 g/mol. The molecule has 2 heteroatoms. The number of hydrogen-bond acceptors (Lipinski definition) is 1. The van der Waals surface area contributed by atoms with Gasteiger partial charge < -0.3 is 5.32 Å². The highest BCUT2D eigenvalue weighted by Crippen LogP contribution is 2.35. The maximum atomic E-state index is 3.20. The highest BCUT2D eigenvalue weighted by atomic mass is 31.1. The average molecular weight is 147 g/mol. The Bertz CT molecular complexity index is 65.9. The molecule has 0 rings (SSSR count). The maximum absolute atomic E-state index is 3.20. The molecule has 0 aliphatic rings. The lowest BCUT2D eigenvalue weighted by Gasteiger charge is -2.17. The second-order valence-corrected chi connectivity index (χ2v) is 5.51. The topological polar surface area (TPSA) is 12.0 Å². The summed E-state index contributed by atoms with van der Waals surface area (Å²) in [5, 5.41) is 3.20. The van der Waals surface area contributed by atoms with E-state index in [1.165, 1.54) is 12.7 Å². The average Bonchev–Trinajstić information content (AvgIpc) is 1.87. The van der Waals surface area contributed by atoms with Gasteiger partial charge in [0.25, 0.3) is 0 Å². The van der Waals surface area contributed by atoms with E-state index in [9.17, 15) is 0 Å². The van der Waals surface area contributed by atoms with E-state index in [0.717, 1.165) is 5.66 Å². The van der Waals surface area contributed by atoms with Gasteiger partial charge in [-0.1, -0.05) is 13.8 Å². The molecule has 0 saturated heterocycles. The van der Waals surface area contributed by atoms with Crippen molar-refractivity contribution in [3.05, 3.63) is 0 Å². The lowest BCUT2D eigenvalue weighted by atomic mass is 10.5. The van der Waals surface area contributed by atoms with Crippen LogP contribution in [-0.2, 0) is 0 Å². The normalized spacial score (nSPS) is 17.3. The Kier molecular flexibility index (Phi) is 5.42. The Morgan fingerprint density at radius 1 is 1.56 bits per heavy atom. The molecule has 0 fully saturated rings. The first-order valence-electron chi connectivity index (χ1n) is 3.57. The van der Waals surface area contributed by atoms with Crippen LogP contribution in [0.2, 0.25) is 0 Å². The third-order valence-electron chi connectivity index (χ3n) is 1.75. The molecule has 56 valence electrons. The quantitative estimate of drug-likeness (QED) is 0.597. The van der Waals surface area contributed by atoms with Gasteiger partial charge in [-0.25, -0.2) is 0 Å². The lowest BCUT2D eigenvalue weighted by molar-refractivity contribution is 0.777. The van der Waals surface area contributed by atoms with Crippen LogP contribution in [0.25, 0.3) is 0 Å². The van der Waals surface area contributed by atoms with Crippen molar-refractivity contribution in [1.82, 2.24) is 5.32 Å².